The Morgan fingerprint density at radius 1 is 1.18 bits per heavy atom. The maximum atomic E-state index is 12.8. The second kappa shape index (κ2) is 5.97. The molecular weight excluding hydrogens is 278 g/mol. The molecule has 5 nitrogen and oxygen atoms in total. The zero-order valence-electron chi connectivity index (χ0n) is 12.6. The van der Waals surface area contributed by atoms with E-state index in [1.54, 1.807) is 42.4 Å². The van der Waals surface area contributed by atoms with Gasteiger partial charge in [0.1, 0.15) is 11.3 Å². The molecule has 3 rings (SSSR count). The van der Waals surface area contributed by atoms with Gasteiger partial charge in [0.15, 0.2) is 0 Å². The zero-order valence-corrected chi connectivity index (χ0v) is 12.6. The fraction of sp³-hybridized carbons (Fsp3) is 0.235. The lowest BCUT2D eigenvalue weighted by Gasteiger charge is -2.18. The largest absolute Gasteiger partial charge is 0.494 e. The van der Waals surface area contributed by atoms with Gasteiger partial charge in [-0.05, 0) is 30.7 Å². The Bertz CT molecular complexity index is 843. The van der Waals surface area contributed by atoms with Crippen molar-refractivity contribution in [2.24, 2.45) is 0 Å². The highest BCUT2D eigenvalue weighted by atomic mass is 16.5. The number of pyridine rings is 1. The first kappa shape index (κ1) is 14.3. The molecule has 0 unspecified atom stereocenters. The van der Waals surface area contributed by atoms with Crippen molar-refractivity contribution in [3.05, 3.63) is 65.0 Å². The Kier molecular flexibility index (Phi) is 3.87. The molecule has 3 aromatic rings. The Morgan fingerprint density at radius 2 is 2.05 bits per heavy atom. The maximum Gasteiger partial charge on any atom is 0.261 e. The molecule has 0 N–H and O–H groups in total. The highest BCUT2D eigenvalue weighted by molar-refractivity contribution is 5.83. The van der Waals surface area contributed by atoms with Gasteiger partial charge in [0.05, 0.1) is 30.6 Å². The summed E-state index contributed by atoms with van der Waals surface area (Å²) >= 11 is 0. The molecule has 112 valence electrons. The molecule has 2 heterocycles. The van der Waals surface area contributed by atoms with Gasteiger partial charge in [0.25, 0.3) is 5.56 Å². The molecule has 22 heavy (non-hydrogen) atoms. The van der Waals surface area contributed by atoms with E-state index >= 15 is 0 Å². The molecule has 1 aromatic carbocycles. The Labute approximate surface area is 128 Å². The van der Waals surface area contributed by atoms with E-state index in [1.807, 2.05) is 25.1 Å². The molecule has 0 spiro atoms. The predicted molar refractivity (Wildman–Crippen MR) is 85.2 cm³/mol. The molecule has 0 saturated carbocycles. The fourth-order valence-electron chi connectivity index (χ4n) is 2.65. The first-order valence-corrected chi connectivity index (χ1v) is 7.21. The summed E-state index contributed by atoms with van der Waals surface area (Å²) in [6.07, 6.45) is 4.07. The lowest BCUT2D eigenvalue weighted by atomic mass is 10.1. The summed E-state index contributed by atoms with van der Waals surface area (Å²) in [5, 5.41) is 0.552. The fourth-order valence-corrected chi connectivity index (χ4v) is 2.65. The molecule has 0 radical (unpaired) electrons. The molecular formula is C17H17N3O2. The quantitative estimate of drug-likeness (QED) is 0.742. The van der Waals surface area contributed by atoms with Crippen LogP contribution in [0.5, 0.6) is 5.75 Å². The lowest BCUT2D eigenvalue weighted by molar-refractivity contribution is 0.418. The van der Waals surface area contributed by atoms with Crippen molar-refractivity contribution in [3.63, 3.8) is 0 Å². The number of methoxy groups -OCH3 is 1. The molecule has 0 bridgehead atoms. The van der Waals surface area contributed by atoms with Gasteiger partial charge < -0.3 is 4.74 Å². The number of nitrogens with zero attached hydrogens (tertiary/aromatic N) is 3. The average molecular weight is 295 g/mol. The topological polar surface area (TPSA) is 57.0 Å². The summed E-state index contributed by atoms with van der Waals surface area (Å²) in [5.41, 5.74) is 1.36. The number of hydrogen-bond donors (Lipinski definition) is 0. The van der Waals surface area contributed by atoms with E-state index < -0.39 is 0 Å². The van der Waals surface area contributed by atoms with E-state index in [9.17, 15) is 4.79 Å². The number of aromatic nitrogens is 3. The summed E-state index contributed by atoms with van der Waals surface area (Å²) in [4.78, 5) is 21.6. The smallest absolute Gasteiger partial charge is 0.261 e. The van der Waals surface area contributed by atoms with Gasteiger partial charge in [-0.2, -0.15) is 0 Å². The van der Waals surface area contributed by atoms with Crippen LogP contribution in [0.1, 0.15) is 25.1 Å². The Balaban J connectivity index is 2.19. The van der Waals surface area contributed by atoms with Crippen LogP contribution in [0.15, 0.2) is 53.7 Å². The molecule has 0 aliphatic carbocycles. The standard InChI is InChI=1S/C17H17N3O2/c1-3-14(13-8-4-5-10-18-13)20-11-19-16-12(17(20)21)7-6-9-15(16)22-2/h4-11,14H,3H2,1-2H3/t14-/m1/s1. The minimum atomic E-state index is -0.128. The van der Waals surface area contributed by atoms with Crippen LogP contribution in [-0.2, 0) is 0 Å². The minimum Gasteiger partial charge on any atom is -0.494 e. The summed E-state index contributed by atoms with van der Waals surface area (Å²) in [6, 6.07) is 11.0. The van der Waals surface area contributed by atoms with Gasteiger partial charge in [0.2, 0.25) is 0 Å². The SMILES string of the molecule is CC[C@H](c1ccccn1)n1cnc2c(OC)cccc2c1=O. The van der Waals surface area contributed by atoms with Crippen LogP contribution in [0.3, 0.4) is 0 Å². The third-order valence-electron chi connectivity index (χ3n) is 3.75. The van der Waals surface area contributed by atoms with Gasteiger partial charge in [-0.3, -0.25) is 14.3 Å². The zero-order chi connectivity index (χ0) is 15.5. The van der Waals surface area contributed by atoms with E-state index in [4.69, 9.17) is 4.74 Å². The first-order chi connectivity index (χ1) is 10.8. The third-order valence-corrected chi connectivity index (χ3v) is 3.75. The molecule has 0 fully saturated rings. The van der Waals surface area contributed by atoms with Crippen molar-refractivity contribution < 1.29 is 4.74 Å². The van der Waals surface area contributed by atoms with Crippen molar-refractivity contribution in [2.45, 2.75) is 19.4 Å². The average Bonchev–Trinajstić information content (AvgIpc) is 2.58. The number of fused-ring (bicyclic) bond motifs is 1. The van der Waals surface area contributed by atoms with Gasteiger partial charge in [-0.1, -0.05) is 19.1 Å². The van der Waals surface area contributed by atoms with E-state index in [1.165, 1.54) is 0 Å². The van der Waals surface area contributed by atoms with Crippen LogP contribution in [0.2, 0.25) is 0 Å². The van der Waals surface area contributed by atoms with Crippen molar-refractivity contribution in [1.29, 1.82) is 0 Å². The van der Waals surface area contributed by atoms with Gasteiger partial charge in [-0.15, -0.1) is 0 Å². The normalized spacial score (nSPS) is 12.3. The van der Waals surface area contributed by atoms with Gasteiger partial charge in [0, 0.05) is 6.20 Å². The Hall–Kier alpha value is -2.69. The minimum absolute atomic E-state index is 0.0820. The van der Waals surface area contributed by atoms with Crippen molar-refractivity contribution in [2.75, 3.05) is 7.11 Å². The monoisotopic (exact) mass is 295 g/mol. The molecule has 0 aliphatic rings. The number of hydrogen-bond acceptors (Lipinski definition) is 4. The van der Waals surface area contributed by atoms with E-state index in [2.05, 4.69) is 9.97 Å². The predicted octanol–water partition coefficient (Wildman–Crippen LogP) is 2.80. The maximum absolute atomic E-state index is 12.8. The lowest BCUT2D eigenvalue weighted by Crippen LogP contribution is -2.26. The Morgan fingerprint density at radius 3 is 2.73 bits per heavy atom. The van der Waals surface area contributed by atoms with Gasteiger partial charge >= 0.3 is 0 Å². The van der Waals surface area contributed by atoms with Crippen LogP contribution in [0.25, 0.3) is 10.9 Å². The third kappa shape index (κ3) is 2.35. The second-order valence-electron chi connectivity index (χ2n) is 4.99. The van der Waals surface area contributed by atoms with Crippen LogP contribution < -0.4 is 10.3 Å². The molecule has 0 aliphatic heterocycles. The molecule has 0 saturated heterocycles. The van der Waals surface area contributed by atoms with Crippen molar-refractivity contribution in [3.8, 4) is 5.75 Å². The van der Waals surface area contributed by atoms with Crippen molar-refractivity contribution in [1.82, 2.24) is 14.5 Å². The highest BCUT2D eigenvalue weighted by Gasteiger charge is 2.17. The second-order valence-corrected chi connectivity index (χ2v) is 4.99. The van der Waals surface area contributed by atoms with Gasteiger partial charge in [-0.25, -0.2) is 4.98 Å². The van der Waals surface area contributed by atoms with Crippen LogP contribution in [0.4, 0.5) is 0 Å². The summed E-state index contributed by atoms with van der Waals surface area (Å²) in [7, 11) is 1.57. The van der Waals surface area contributed by atoms with E-state index in [0.29, 0.717) is 16.7 Å². The number of rotatable bonds is 4. The molecule has 2 aromatic heterocycles. The molecule has 1 atom stereocenters. The summed E-state index contributed by atoms with van der Waals surface area (Å²) < 4.78 is 6.91. The summed E-state index contributed by atoms with van der Waals surface area (Å²) in [5.74, 6) is 0.604. The number of ether oxygens (including phenoxy) is 1. The number of benzene rings is 1. The van der Waals surface area contributed by atoms with E-state index in [0.717, 1.165) is 12.1 Å². The van der Waals surface area contributed by atoms with Crippen molar-refractivity contribution >= 4 is 10.9 Å². The first-order valence-electron chi connectivity index (χ1n) is 7.21. The number of para-hydroxylation sites is 1. The van der Waals surface area contributed by atoms with Crippen LogP contribution in [-0.4, -0.2) is 21.6 Å². The highest BCUT2D eigenvalue weighted by Crippen LogP contribution is 2.23. The summed E-state index contributed by atoms with van der Waals surface area (Å²) in [6.45, 7) is 2.03. The van der Waals surface area contributed by atoms with E-state index in [-0.39, 0.29) is 11.6 Å². The molecule has 5 heteroatoms. The molecule has 0 amide bonds. The van der Waals surface area contributed by atoms with Crippen LogP contribution >= 0.6 is 0 Å². The van der Waals surface area contributed by atoms with Crippen LogP contribution in [0, 0.1) is 0 Å².